The van der Waals surface area contributed by atoms with Gasteiger partial charge in [-0.25, -0.2) is 4.52 Å². The van der Waals surface area contributed by atoms with Gasteiger partial charge < -0.3 is 10.4 Å². The van der Waals surface area contributed by atoms with Crippen LogP contribution in [0.25, 0.3) is 28.0 Å². The first kappa shape index (κ1) is 23.0. The van der Waals surface area contributed by atoms with Crippen LogP contribution < -0.4 is 5.32 Å². The molecule has 0 saturated heterocycles. The molecule has 0 radical (unpaired) electrons. The minimum absolute atomic E-state index is 0.264. The van der Waals surface area contributed by atoms with Gasteiger partial charge in [-0.3, -0.25) is 9.48 Å². The second kappa shape index (κ2) is 8.63. The summed E-state index contributed by atoms with van der Waals surface area (Å²) >= 11 is 0. The van der Waals surface area contributed by atoms with Gasteiger partial charge in [-0.05, 0) is 68.2 Å². The van der Waals surface area contributed by atoms with Crippen LogP contribution in [0.4, 0.5) is 5.69 Å². The average molecular weight is 498 g/mol. The molecule has 188 valence electrons. The maximum Gasteiger partial charge on any atom is 0.259 e. The van der Waals surface area contributed by atoms with Crippen molar-refractivity contribution in [3.63, 3.8) is 0 Å². The lowest BCUT2D eigenvalue weighted by Crippen LogP contribution is -2.26. The third-order valence-electron chi connectivity index (χ3n) is 6.33. The summed E-state index contributed by atoms with van der Waals surface area (Å²) in [5.74, 6) is 0.271. The predicted molar refractivity (Wildman–Crippen MR) is 137 cm³/mol. The van der Waals surface area contributed by atoms with Crippen molar-refractivity contribution in [3.05, 3.63) is 66.2 Å². The van der Waals surface area contributed by atoms with Gasteiger partial charge in [0.1, 0.15) is 0 Å². The number of benzene rings is 1. The Hall–Kier alpha value is -4.38. The molecule has 1 aliphatic rings. The van der Waals surface area contributed by atoms with Crippen molar-refractivity contribution in [2.24, 2.45) is 0 Å². The zero-order valence-corrected chi connectivity index (χ0v) is 20.8. The molecule has 37 heavy (non-hydrogen) atoms. The molecule has 1 aliphatic carbocycles. The van der Waals surface area contributed by atoms with Crippen molar-refractivity contribution >= 4 is 17.1 Å². The van der Waals surface area contributed by atoms with E-state index in [9.17, 15) is 9.90 Å². The predicted octanol–water partition coefficient (Wildman–Crippen LogP) is 3.52. The second-order valence-corrected chi connectivity index (χ2v) is 10.2. The Morgan fingerprint density at radius 3 is 2.73 bits per heavy atom. The fourth-order valence-electron chi connectivity index (χ4n) is 4.22. The van der Waals surface area contributed by atoms with Crippen LogP contribution in [0.5, 0.6) is 0 Å². The van der Waals surface area contributed by atoms with E-state index in [0.717, 1.165) is 35.1 Å². The van der Waals surface area contributed by atoms with Gasteiger partial charge in [-0.2, -0.15) is 15.0 Å². The minimum atomic E-state index is -0.872. The second-order valence-electron chi connectivity index (χ2n) is 10.2. The van der Waals surface area contributed by atoms with Crippen LogP contribution in [-0.2, 0) is 6.54 Å². The molecule has 1 saturated carbocycles. The van der Waals surface area contributed by atoms with Crippen molar-refractivity contribution in [3.8, 4) is 22.5 Å². The van der Waals surface area contributed by atoms with Crippen LogP contribution >= 0.6 is 0 Å². The first-order valence-corrected chi connectivity index (χ1v) is 12.2. The Bertz CT molecular complexity index is 1620. The molecule has 11 heteroatoms. The standard InChI is InChI=1S/C26H27N9O2/c1-16-4-5-18(24-30-32-35(31-24)20-6-7-20)10-22(16)29-25(36)21-13-28-34-9-8-17(11-23(21)34)19-12-27-33(14-19)15-26(2,3)37/h4-5,8-14,20,37H,6-7,15H2,1-3H3,(H,29,36). The SMILES string of the molecule is Cc1ccc(-c2nnn(C3CC3)n2)cc1NC(=O)c1cnn2ccc(-c3cnn(CC(C)(C)O)c3)cc12. The Morgan fingerprint density at radius 1 is 1.11 bits per heavy atom. The fourth-order valence-corrected chi connectivity index (χ4v) is 4.22. The van der Waals surface area contributed by atoms with E-state index in [1.165, 1.54) is 0 Å². The van der Waals surface area contributed by atoms with Crippen LogP contribution in [0.3, 0.4) is 0 Å². The summed E-state index contributed by atoms with van der Waals surface area (Å²) in [5.41, 5.74) is 4.42. The first-order chi connectivity index (χ1) is 17.7. The minimum Gasteiger partial charge on any atom is -0.389 e. The van der Waals surface area contributed by atoms with E-state index in [4.69, 9.17) is 0 Å². The number of aryl methyl sites for hydroxylation is 1. The zero-order chi connectivity index (χ0) is 25.7. The highest BCUT2D eigenvalue weighted by molar-refractivity contribution is 6.09. The van der Waals surface area contributed by atoms with Gasteiger partial charge in [0.2, 0.25) is 5.82 Å². The molecule has 11 nitrogen and oxygen atoms in total. The monoisotopic (exact) mass is 497 g/mol. The van der Waals surface area contributed by atoms with Gasteiger partial charge >= 0.3 is 0 Å². The van der Waals surface area contributed by atoms with E-state index in [2.05, 4.69) is 30.9 Å². The summed E-state index contributed by atoms with van der Waals surface area (Å²) in [4.78, 5) is 15.0. The molecule has 5 aromatic rings. The lowest BCUT2D eigenvalue weighted by atomic mass is 10.1. The molecule has 1 aromatic carbocycles. The lowest BCUT2D eigenvalue weighted by Gasteiger charge is -2.16. The summed E-state index contributed by atoms with van der Waals surface area (Å²) in [7, 11) is 0. The van der Waals surface area contributed by atoms with Gasteiger partial charge in [0, 0.05) is 29.2 Å². The van der Waals surface area contributed by atoms with Crippen LogP contribution in [-0.4, -0.2) is 56.2 Å². The Kier molecular flexibility index (Phi) is 5.37. The van der Waals surface area contributed by atoms with Crippen molar-refractivity contribution in [2.75, 3.05) is 5.32 Å². The zero-order valence-electron chi connectivity index (χ0n) is 20.8. The summed E-state index contributed by atoms with van der Waals surface area (Å²) in [6.07, 6.45) is 9.16. The van der Waals surface area contributed by atoms with Crippen molar-refractivity contribution < 1.29 is 9.90 Å². The van der Waals surface area contributed by atoms with Gasteiger partial charge in [-0.15, -0.1) is 10.2 Å². The Balaban J connectivity index is 1.26. The van der Waals surface area contributed by atoms with E-state index in [1.807, 2.05) is 49.6 Å². The van der Waals surface area contributed by atoms with E-state index in [0.29, 0.717) is 35.2 Å². The summed E-state index contributed by atoms with van der Waals surface area (Å²) in [6.45, 7) is 5.79. The molecule has 0 aliphatic heterocycles. The number of nitrogens with one attached hydrogen (secondary N) is 1. The summed E-state index contributed by atoms with van der Waals surface area (Å²) in [5, 5.41) is 34.6. The molecule has 4 aromatic heterocycles. The third-order valence-corrected chi connectivity index (χ3v) is 6.33. The van der Waals surface area contributed by atoms with E-state index >= 15 is 0 Å². The molecule has 6 rings (SSSR count). The van der Waals surface area contributed by atoms with Gasteiger partial charge in [0.25, 0.3) is 5.91 Å². The molecule has 2 N–H and O–H groups in total. The number of carbonyl (C=O) groups is 1. The largest absolute Gasteiger partial charge is 0.389 e. The lowest BCUT2D eigenvalue weighted by molar-refractivity contribution is 0.0577. The van der Waals surface area contributed by atoms with Gasteiger partial charge in [0.15, 0.2) is 0 Å². The molecule has 4 heterocycles. The van der Waals surface area contributed by atoms with E-state index < -0.39 is 5.60 Å². The van der Waals surface area contributed by atoms with Crippen LogP contribution in [0.2, 0.25) is 0 Å². The highest BCUT2D eigenvalue weighted by Gasteiger charge is 2.26. The number of aromatic nitrogens is 8. The molecule has 0 bridgehead atoms. The van der Waals surface area contributed by atoms with Crippen molar-refractivity contribution in [1.29, 1.82) is 0 Å². The number of rotatable bonds is 7. The maximum absolute atomic E-state index is 13.3. The Morgan fingerprint density at radius 2 is 1.95 bits per heavy atom. The summed E-state index contributed by atoms with van der Waals surface area (Å²) in [6, 6.07) is 9.91. The van der Waals surface area contributed by atoms with Crippen LogP contribution in [0.15, 0.2) is 55.1 Å². The van der Waals surface area contributed by atoms with Crippen molar-refractivity contribution in [2.45, 2.75) is 51.8 Å². The molecular weight excluding hydrogens is 470 g/mol. The van der Waals surface area contributed by atoms with Crippen molar-refractivity contribution in [1.82, 2.24) is 39.6 Å². The summed E-state index contributed by atoms with van der Waals surface area (Å²) < 4.78 is 3.38. The highest BCUT2D eigenvalue weighted by atomic mass is 16.3. The van der Waals surface area contributed by atoms with E-state index in [-0.39, 0.29) is 5.91 Å². The number of hydrogen-bond acceptors (Lipinski definition) is 7. The topological polar surface area (TPSA) is 128 Å². The number of pyridine rings is 1. The van der Waals surface area contributed by atoms with Crippen LogP contribution in [0, 0.1) is 6.92 Å². The number of nitrogens with zero attached hydrogens (tertiary/aromatic N) is 8. The number of fused-ring (bicyclic) bond motifs is 1. The third kappa shape index (κ3) is 4.73. The molecule has 0 unspecified atom stereocenters. The molecule has 1 fully saturated rings. The first-order valence-electron chi connectivity index (χ1n) is 12.2. The molecule has 0 atom stereocenters. The highest BCUT2D eigenvalue weighted by Crippen LogP contribution is 2.33. The van der Waals surface area contributed by atoms with Gasteiger partial charge in [-0.1, -0.05) is 12.1 Å². The smallest absolute Gasteiger partial charge is 0.259 e. The fraction of sp³-hybridized carbons (Fsp3) is 0.308. The normalized spacial score (nSPS) is 13.8. The quantitative estimate of drug-likeness (QED) is 0.352. The number of hydrogen-bond donors (Lipinski definition) is 2. The Labute approximate surface area is 212 Å². The van der Waals surface area contributed by atoms with Gasteiger partial charge in [0.05, 0.1) is 41.7 Å². The average Bonchev–Trinajstić information content (AvgIpc) is 3.23. The molecular formula is C26H27N9O2. The number of tetrazole rings is 1. The maximum atomic E-state index is 13.3. The molecule has 1 amide bonds. The molecule has 0 spiro atoms. The van der Waals surface area contributed by atoms with Crippen LogP contribution in [0.1, 0.15) is 48.7 Å². The number of carbonyl (C=O) groups excluding carboxylic acids is 1. The number of aliphatic hydroxyl groups is 1. The number of anilines is 1. The number of amides is 1. The van der Waals surface area contributed by atoms with E-state index in [1.54, 1.807) is 40.2 Å².